The van der Waals surface area contributed by atoms with Gasteiger partial charge in [-0.05, 0) is 42.3 Å². The van der Waals surface area contributed by atoms with E-state index in [2.05, 4.69) is 21.3 Å². The fourth-order valence-corrected chi connectivity index (χ4v) is 3.69. The third-order valence-corrected chi connectivity index (χ3v) is 5.67. The zero-order chi connectivity index (χ0) is 25.7. The molecule has 3 aromatic rings. The normalized spacial score (nSPS) is 12.6. The van der Waals surface area contributed by atoms with Crippen molar-refractivity contribution in [2.45, 2.75) is 6.42 Å². The van der Waals surface area contributed by atoms with Crippen LogP contribution in [0.4, 0.5) is 21.6 Å². The van der Waals surface area contributed by atoms with Crippen molar-refractivity contribution >= 4 is 47.3 Å². The second-order valence-corrected chi connectivity index (χ2v) is 8.21. The lowest BCUT2D eigenvalue weighted by atomic mass is 10.1. The number of benzene rings is 2. The number of hydrazone groups is 1. The molecule has 1 saturated heterocycles. The van der Waals surface area contributed by atoms with Gasteiger partial charge in [0.25, 0.3) is 5.91 Å². The number of carbonyl (C=O) groups excluding carboxylic acids is 2. The molecule has 36 heavy (non-hydrogen) atoms. The minimum atomic E-state index is -0.690. The molecule has 4 rings (SSSR count). The molecule has 0 spiro atoms. The Labute approximate surface area is 212 Å². The summed E-state index contributed by atoms with van der Waals surface area (Å²) in [5, 5.41) is 8.95. The van der Waals surface area contributed by atoms with Crippen molar-refractivity contribution in [2.24, 2.45) is 5.10 Å². The lowest BCUT2D eigenvalue weighted by Gasteiger charge is -2.27. The van der Waals surface area contributed by atoms with Crippen LogP contribution in [0.3, 0.4) is 0 Å². The molecule has 1 aliphatic rings. The highest BCUT2D eigenvalue weighted by atomic mass is 35.5. The summed E-state index contributed by atoms with van der Waals surface area (Å²) >= 11 is 6.21. The molecule has 0 bridgehead atoms. The summed E-state index contributed by atoms with van der Waals surface area (Å²) in [5.74, 6) is 1.42. The summed E-state index contributed by atoms with van der Waals surface area (Å²) in [6.45, 7) is 1.72. The zero-order valence-electron chi connectivity index (χ0n) is 19.2. The second-order valence-electron chi connectivity index (χ2n) is 7.77. The van der Waals surface area contributed by atoms with Gasteiger partial charge in [-0.2, -0.15) is 5.10 Å². The van der Waals surface area contributed by atoms with Crippen molar-refractivity contribution in [3.8, 4) is 18.1 Å². The summed E-state index contributed by atoms with van der Waals surface area (Å²) < 4.78 is 20.6. The summed E-state index contributed by atoms with van der Waals surface area (Å²) in [7, 11) is 1.35. The number of nitrogens with one attached hydrogen (secondary N) is 1. The predicted octanol–water partition coefficient (Wildman–Crippen LogP) is 4.45. The number of halogens is 2. The molecule has 2 amide bonds. The van der Waals surface area contributed by atoms with E-state index in [1.54, 1.807) is 18.3 Å². The van der Waals surface area contributed by atoms with Crippen molar-refractivity contribution < 1.29 is 18.7 Å². The Kier molecular flexibility index (Phi) is 7.47. The fourth-order valence-electron chi connectivity index (χ4n) is 3.48. The van der Waals surface area contributed by atoms with Crippen LogP contribution in [0.1, 0.15) is 27.9 Å². The third-order valence-electron chi connectivity index (χ3n) is 5.46. The van der Waals surface area contributed by atoms with Gasteiger partial charge in [-0.3, -0.25) is 19.5 Å². The minimum Gasteiger partial charge on any atom is -0.494 e. The number of ether oxygens (including phenoxy) is 1. The van der Waals surface area contributed by atoms with E-state index in [-0.39, 0.29) is 33.5 Å². The van der Waals surface area contributed by atoms with E-state index >= 15 is 4.39 Å². The molecule has 1 N–H and O–H groups in total. The maximum atomic E-state index is 15.2. The summed E-state index contributed by atoms with van der Waals surface area (Å²) in [6, 6.07) is 10.2. The van der Waals surface area contributed by atoms with Crippen LogP contribution in [0, 0.1) is 18.2 Å². The number of carbonyl (C=O) groups is 2. The molecule has 0 unspecified atom stereocenters. The van der Waals surface area contributed by atoms with Gasteiger partial charge in [0.05, 0.1) is 24.6 Å². The topological polar surface area (TPSA) is 87.1 Å². The molecule has 1 aliphatic heterocycles. The highest BCUT2D eigenvalue weighted by Gasteiger charge is 2.26. The molecule has 2 heterocycles. The number of aromatic nitrogens is 1. The van der Waals surface area contributed by atoms with E-state index in [0.717, 1.165) is 24.4 Å². The monoisotopic (exact) mass is 505 g/mol. The van der Waals surface area contributed by atoms with Gasteiger partial charge >= 0.3 is 0 Å². The maximum absolute atomic E-state index is 15.2. The molecule has 0 saturated carbocycles. The van der Waals surface area contributed by atoms with Crippen molar-refractivity contribution in [1.29, 1.82) is 0 Å². The van der Waals surface area contributed by atoms with Gasteiger partial charge in [-0.1, -0.05) is 23.6 Å². The van der Waals surface area contributed by atoms with Crippen LogP contribution in [0.25, 0.3) is 0 Å². The van der Waals surface area contributed by atoms with Gasteiger partial charge in [-0.25, -0.2) is 9.37 Å². The predicted molar refractivity (Wildman–Crippen MR) is 137 cm³/mol. The molecule has 0 radical (unpaired) electrons. The van der Waals surface area contributed by atoms with E-state index in [1.807, 2.05) is 5.01 Å². The Morgan fingerprint density at radius 1 is 1.31 bits per heavy atom. The summed E-state index contributed by atoms with van der Waals surface area (Å²) in [4.78, 5) is 30.5. The number of terminal acetylenes is 1. The van der Waals surface area contributed by atoms with Crippen LogP contribution in [0.2, 0.25) is 5.02 Å². The molecule has 10 heteroatoms. The smallest absolute Gasteiger partial charge is 0.259 e. The number of hydrogen-bond donors (Lipinski definition) is 1. The number of hydrogen-bond acceptors (Lipinski definition) is 6. The first-order chi connectivity index (χ1) is 17.4. The van der Waals surface area contributed by atoms with Crippen LogP contribution < -0.4 is 15.0 Å². The van der Waals surface area contributed by atoms with Crippen LogP contribution in [-0.4, -0.2) is 48.7 Å². The van der Waals surface area contributed by atoms with Gasteiger partial charge in [0, 0.05) is 35.9 Å². The molecule has 182 valence electrons. The van der Waals surface area contributed by atoms with Crippen LogP contribution in [-0.2, 0) is 4.79 Å². The van der Waals surface area contributed by atoms with E-state index in [1.165, 1.54) is 43.6 Å². The van der Waals surface area contributed by atoms with Crippen LogP contribution >= 0.6 is 11.6 Å². The first-order valence-electron chi connectivity index (χ1n) is 10.9. The van der Waals surface area contributed by atoms with Gasteiger partial charge in [-0.15, -0.1) is 6.42 Å². The number of anilines is 3. The van der Waals surface area contributed by atoms with Gasteiger partial charge < -0.3 is 10.1 Å². The number of amides is 2. The van der Waals surface area contributed by atoms with Crippen LogP contribution in [0.5, 0.6) is 5.75 Å². The zero-order valence-corrected chi connectivity index (χ0v) is 20.0. The summed E-state index contributed by atoms with van der Waals surface area (Å²) in [5.41, 5.74) is 0.959. The molecular weight excluding hydrogens is 485 g/mol. The van der Waals surface area contributed by atoms with Crippen molar-refractivity contribution in [3.05, 3.63) is 76.2 Å². The molecule has 1 aromatic heterocycles. The van der Waals surface area contributed by atoms with E-state index in [9.17, 15) is 9.59 Å². The first-order valence-corrected chi connectivity index (χ1v) is 11.3. The number of nitrogens with zero attached hydrogens (tertiary/aromatic N) is 4. The lowest BCUT2D eigenvalue weighted by Crippen LogP contribution is -2.32. The Morgan fingerprint density at radius 2 is 2.11 bits per heavy atom. The van der Waals surface area contributed by atoms with Crippen molar-refractivity contribution in [1.82, 2.24) is 9.99 Å². The Balaban J connectivity index is 1.71. The first kappa shape index (κ1) is 24.7. The Bertz CT molecular complexity index is 1370. The standard InChI is InChI=1S/C26H21ClFN5O3/c1-3-17-6-8-24(29-14-17)31-26(35)20-12-19(27)13-23(36-2)25(20)33(16-34)22-7-5-18(11-21(22)28)15-30-32-9-4-10-32/h1,5-8,11-16H,4,9-10H2,2H3,(H,29,31,35). The Morgan fingerprint density at radius 3 is 2.69 bits per heavy atom. The fraction of sp³-hybridized carbons (Fsp3) is 0.154. The maximum Gasteiger partial charge on any atom is 0.259 e. The highest BCUT2D eigenvalue weighted by Crippen LogP contribution is 2.39. The highest BCUT2D eigenvalue weighted by molar-refractivity contribution is 6.31. The third kappa shape index (κ3) is 5.29. The van der Waals surface area contributed by atoms with Crippen molar-refractivity contribution in [3.63, 3.8) is 0 Å². The molecular formula is C26H21ClFN5O3. The van der Waals surface area contributed by atoms with Crippen molar-refractivity contribution in [2.75, 3.05) is 30.4 Å². The van der Waals surface area contributed by atoms with E-state index < -0.39 is 11.7 Å². The molecule has 8 nitrogen and oxygen atoms in total. The number of rotatable bonds is 8. The Hall–Kier alpha value is -4.42. The lowest BCUT2D eigenvalue weighted by molar-refractivity contribution is -0.106. The van der Waals surface area contributed by atoms with Crippen LogP contribution in [0.15, 0.2) is 53.8 Å². The van der Waals surface area contributed by atoms with Gasteiger partial charge in [0.15, 0.2) is 0 Å². The average molecular weight is 506 g/mol. The minimum absolute atomic E-state index is 0.00976. The largest absolute Gasteiger partial charge is 0.494 e. The van der Waals surface area contributed by atoms with Gasteiger partial charge in [0.1, 0.15) is 23.1 Å². The molecule has 0 atom stereocenters. The average Bonchev–Trinajstić information content (AvgIpc) is 2.85. The molecule has 0 aliphatic carbocycles. The number of pyridine rings is 1. The van der Waals surface area contributed by atoms with E-state index in [0.29, 0.717) is 17.5 Å². The molecule has 2 aromatic carbocycles. The number of methoxy groups -OCH3 is 1. The van der Waals surface area contributed by atoms with Gasteiger partial charge in [0.2, 0.25) is 6.41 Å². The van der Waals surface area contributed by atoms with E-state index in [4.69, 9.17) is 22.8 Å². The SMILES string of the molecule is C#Cc1ccc(NC(=O)c2cc(Cl)cc(OC)c2N(C=O)c2ccc(C=NN3CCC3)cc2F)nc1. The summed E-state index contributed by atoms with van der Waals surface area (Å²) in [6.07, 6.45) is 9.79. The second kappa shape index (κ2) is 10.9. The quantitative estimate of drug-likeness (QED) is 0.278. The molecule has 1 fully saturated rings.